The molecule has 146 valence electrons. The van der Waals surface area contributed by atoms with Crippen LogP contribution in [0.4, 0.5) is 0 Å². The summed E-state index contributed by atoms with van der Waals surface area (Å²) in [5, 5.41) is 0. The van der Waals surface area contributed by atoms with Crippen molar-refractivity contribution in [1.82, 2.24) is 14.4 Å². The minimum absolute atomic E-state index is 0.0663. The van der Waals surface area contributed by atoms with Crippen LogP contribution in [0.2, 0.25) is 0 Å². The van der Waals surface area contributed by atoms with E-state index < -0.39 is 0 Å². The number of aromatic nitrogens is 1. The van der Waals surface area contributed by atoms with Crippen molar-refractivity contribution in [3.8, 4) is 0 Å². The predicted molar refractivity (Wildman–Crippen MR) is 104 cm³/mol. The summed E-state index contributed by atoms with van der Waals surface area (Å²) in [7, 11) is 2.00. The van der Waals surface area contributed by atoms with E-state index in [9.17, 15) is 9.59 Å². The van der Waals surface area contributed by atoms with Crippen LogP contribution in [-0.2, 0) is 23.2 Å². The highest BCUT2D eigenvalue weighted by Gasteiger charge is 2.34. The molecule has 2 amide bonds. The number of rotatable bonds is 8. The lowest BCUT2D eigenvalue weighted by atomic mass is 9.91. The molecule has 1 aromatic heterocycles. The maximum Gasteiger partial charge on any atom is 0.242 e. The molecule has 1 aliphatic carbocycles. The lowest BCUT2D eigenvalue weighted by Crippen LogP contribution is -2.45. The van der Waals surface area contributed by atoms with Crippen molar-refractivity contribution >= 4 is 11.8 Å². The molecule has 0 N–H and O–H groups in total. The molecule has 0 spiro atoms. The maximum absolute atomic E-state index is 13.0. The van der Waals surface area contributed by atoms with E-state index in [0.717, 1.165) is 18.5 Å². The van der Waals surface area contributed by atoms with E-state index in [1.54, 1.807) is 4.90 Å². The van der Waals surface area contributed by atoms with Gasteiger partial charge in [-0.1, -0.05) is 34.6 Å². The molecule has 5 nitrogen and oxygen atoms in total. The second-order valence-electron chi connectivity index (χ2n) is 9.27. The SMILES string of the molecule is CC(C)CN(CC(=O)N(Cc1cccn1C)C1CC1)C(=O)CC(C)(C)C. The summed E-state index contributed by atoms with van der Waals surface area (Å²) in [6.45, 7) is 11.8. The van der Waals surface area contributed by atoms with Crippen molar-refractivity contribution in [2.24, 2.45) is 18.4 Å². The molecule has 1 heterocycles. The minimum Gasteiger partial charge on any atom is -0.353 e. The average molecular weight is 362 g/mol. The Hall–Kier alpha value is -1.78. The minimum atomic E-state index is -0.0748. The van der Waals surface area contributed by atoms with E-state index in [1.807, 2.05) is 24.2 Å². The molecule has 2 rings (SSSR count). The monoisotopic (exact) mass is 361 g/mol. The van der Waals surface area contributed by atoms with Crippen LogP contribution in [0, 0.1) is 11.3 Å². The first kappa shape index (κ1) is 20.5. The van der Waals surface area contributed by atoms with Crippen LogP contribution >= 0.6 is 0 Å². The Labute approximate surface area is 158 Å². The van der Waals surface area contributed by atoms with Crippen LogP contribution in [0.15, 0.2) is 18.3 Å². The summed E-state index contributed by atoms with van der Waals surface area (Å²) in [5.41, 5.74) is 1.05. The fraction of sp³-hybridized carbons (Fsp3) is 0.714. The number of aryl methyl sites for hydroxylation is 1. The van der Waals surface area contributed by atoms with Gasteiger partial charge >= 0.3 is 0 Å². The smallest absolute Gasteiger partial charge is 0.242 e. The van der Waals surface area contributed by atoms with Gasteiger partial charge in [0.15, 0.2) is 0 Å². The van der Waals surface area contributed by atoms with E-state index >= 15 is 0 Å². The van der Waals surface area contributed by atoms with Crippen molar-refractivity contribution in [3.63, 3.8) is 0 Å². The van der Waals surface area contributed by atoms with Crippen LogP contribution < -0.4 is 0 Å². The molecular formula is C21H35N3O2. The van der Waals surface area contributed by atoms with Gasteiger partial charge in [-0.15, -0.1) is 0 Å². The van der Waals surface area contributed by atoms with E-state index in [0.29, 0.717) is 31.5 Å². The zero-order valence-electron chi connectivity index (χ0n) is 17.3. The molecule has 1 saturated carbocycles. The van der Waals surface area contributed by atoms with Crippen molar-refractivity contribution in [3.05, 3.63) is 24.0 Å². The van der Waals surface area contributed by atoms with Crippen LogP contribution in [0.25, 0.3) is 0 Å². The summed E-state index contributed by atoms with van der Waals surface area (Å²) in [5.74, 6) is 0.486. The van der Waals surface area contributed by atoms with Gasteiger partial charge in [0.2, 0.25) is 11.8 Å². The molecule has 1 fully saturated rings. The lowest BCUT2D eigenvalue weighted by molar-refractivity contribution is -0.142. The van der Waals surface area contributed by atoms with Crippen LogP contribution in [0.5, 0.6) is 0 Å². The Bertz CT molecular complexity index is 623. The molecule has 5 heteroatoms. The second-order valence-corrected chi connectivity index (χ2v) is 9.27. The Morgan fingerprint density at radius 3 is 2.35 bits per heavy atom. The standard InChI is InChI=1S/C21H35N3O2/c1-16(2)13-23(19(25)12-21(3,4)5)15-20(26)24(17-9-10-17)14-18-8-7-11-22(18)6/h7-8,11,16-17H,9-10,12-15H2,1-6H3. The van der Waals surface area contributed by atoms with Crippen molar-refractivity contribution < 1.29 is 9.59 Å². The summed E-state index contributed by atoms with van der Waals surface area (Å²) >= 11 is 0. The molecule has 1 aliphatic rings. The first-order chi connectivity index (χ1) is 12.1. The zero-order chi connectivity index (χ0) is 19.5. The van der Waals surface area contributed by atoms with Gasteiger partial charge < -0.3 is 14.4 Å². The number of carbonyl (C=O) groups excluding carboxylic acids is 2. The van der Waals surface area contributed by atoms with Gasteiger partial charge in [0, 0.05) is 37.9 Å². The molecule has 0 atom stereocenters. The highest BCUT2D eigenvalue weighted by molar-refractivity contribution is 5.85. The van der Waals surface area contributed by atoms with Crippen molar-refractivity contribution in [1.29, 1.82) is 0 Å². The summed E-state index contributed by atoms with van der Waals surface area (Å²) < 4.78 is 2.05. The number of nitrogens with zero attached hydrogens (tertiary/aromatic N) is 3. The van der Waals surface area contributed by atoms with Gasteiger partial charge in [0.05, 0.1) is 13.1 Å². The normalized spacial score (nSPS) is 14.6. The summed E-state index contributed by atoms with van der Waals surface area (Å²) in [4.78, 5) is 29.5. The van der Waals surface area contributed by atoms with Gasteiger partial charge in [0.25, 0.3) is 0 Å². The summed E-state index contributed by atoms with van der Waals surface area (Å²) in [6.07, 6.45) is 4.60. The first-order valence-electron chi connectivity index (χ1n) is 9.74. The van der Waals surface area contributed by atoms with E-state index in [-0.39, 0.29) is 23.8 Å². The average Bonchev–Trinajstić information content (AvgIpc) is 3.25. The molecule has 0 aliphatic heterocycles. The Kier molecular flexibility index (Phi) is 6.53. The van der Waals surface area contributed by atoms with Crippen molar-refractivity contribution in [2.75, 3.05) is 13.1 Å². The van der Waals surface area contributed by atoms with Gasteiger partial charge in [-0.25, -0.2) is 0 Å². The molecular weight excluding hydrogens is 326 g/mol. The predicted octanol–water partition coefficient (Wildman–Crippen LogP) is 3.44. The van der Waals surface area contributed by atoms with Crippen LogP contribution in [-0.4, -0.2) is 45.3 Å². The lowest BCUT2D eigenvalue weighted by Gasteiger charge is -2.30. The Balaban J connectivity index is 2.07. The molecule has 0 bridgehead atoms. The number of amides is 2. The third-order valence-corrected chi connectivity index (χ3v) is 4.64. The van der Waals surface area contributed by atoms with Gasteiger partial charge in [-0.05, 0) is 36.3 Å². The fourth-order valence-corrected chi connectivity index (χ4v) is 3.16. The highest BCUT2D eigenvalue weighted by atomic mass is 16.2. The van der Waals surface area contributed by atoms with Crippen LogP contribution in [0.3, 0.4) is 0 Å². The highest BCUT2D eigenvalue weighted by Crippen LogP contribution is 2.29. The number of hydrogen-bond acceptors (Lipinski definition) is 2. The third kappa shape index (κ3) is 6.19. The number of carbonyl (C=O) groups is 2. The maximum atomic E-state index is 13.0. The van der Waals surface area contributed by atoms with E-state index in [2.05, 4.69) is 45.3 Å². The first-order valence-corrected chi connectivity index (χ1v) is 9.74. The van der Waals surface area contributed by atoms with Crippen LogP contribution in [0.1, 0.15) is 59.6 Å². The number of hydrogen-bond donors (Lipinski definition) is 0. The second kappa shape index (κ2) is 8.28. The summed E-state index contributed by atoms with van der Waals surface area (Å²) in [6, 6.07) is 4.39. The van der Waals surface area contributed by atoms with Gasteiger partial charge in [0.1, 0.15) is 0 Å². The molecule has 0 saturated heterocycles. The molecule has 0 unspecified atom stereocenters. The third-order valence-electron chi connectivity index (χ3n) is 4.64. The Morgan fingerprint density at radius 2 is 1.88 bits per heavy atom. The van der Waals surface area contributed by atoms with Crippen molar-refractivity contribution in [2.45, 2.75) is 66.5 Å². The van der Waals surface area contributed by atoms with E-state index in [4.69, 9.17) is 0 Å². The topological polar surface area (TPSA) is 45.6 Å². The van der Waals surface area contributed by atoms with Gasteiger partial charge in [-0.2, -0.15) is 0 Å². The molecule has 1 aromatic rings. The van der Waals surface area contributed by atoms with E-state index in [1.165, 1.54) is 0 Å². The largest absolute Gasteiger partial charge is 0.353 e. The molecule has 0 radical (unpaired) electrons. The van der Waals surface area contributed by atoms with Gasteiger partial charge in [-0.3, -0.25) is 9.59 Å². The Morgan fingerprint density at radius 1 is 1.23 bits per heavy atom. The molecule has 0 aromatic carbocycles. The fourth-order valence-electron chi connectivity index (χ4n) is 3.16. The molecule has 26 heavy (non-hydrogen) atoms. The quantitative estimate of drug-likeness (QED) is 0.712. The zero-order valence-corrected chi connectivity index (χ0v) is 17.3.